The van der Waals surface area contributed by atoms with Gasteiger partial charge in [-0.15, -0.1) is 0 Å². The van der Waals surface area contributed by atoms with E-state index in [4.69, 9.17) is 9.16 Å². The highest BCUT2D eigenvalue weighted by atomic mass is 31.2. The van der Waals surface area contributed by atoms with Gasteiger partial charge in [0, 0.05) is 12.8 Å². The van der Waals surface area contributed by atoms with Crippen LogP contribution in [0.4, 0.5) is 0 Å². The van der Waals surface area contributed by atoms with Crippen LogP contribution in [0.15, 0.2) is 176 Å². The highest BCUT2D eigenvalue weighted by Crippen LogP contribution is 2.55. The molecule has 51 heavy (non-hydrogen) atoms. The minimum atomic E-state index is -2.80. The molecule has 0 amide bonds. The predicted octanol–water partition coefficient (Wildman–Crippen LogP) is 8.77. The summed E-state index contributed by atoms with van der Waals surface area (Å²) in [6.07, 6.45) is 12.4. The second kappa shape index (κ2) is 18.2. The van der Waals surface area contributed by atoms with E-state index in [-0.39, 0.29) is 17.1 Å². The third kappa shape index (κ3) is 9.12. The van der Waals surface area contributed by atoms with Gasteiger partial charge in [-0.2, -0.15) is 0 Å². The molecule has 0 N–H and O–H groups in total. The number of hydrogen-bond acceptors (Lipinski definition) is 3. The van der Waals surface area contributed by atoms with Crippen molar-refractivity contribution in [2.45, 2.75) is 57.6 Å². The summed E-state index contributed by atoms with van der Waals surface area (Å²) in [6.45, 7) is 6.90. The Kier molecular flexibility index (Phi) is 13.6. The van der Waals surface area contributed by atoms with Gasteiger partial charge < -0.3 is 9.16 Å². The van der Waals surface area contributed by atoms with E-state index in [1.165, 1.54) is 33.4 Å². The van der Waals surface area contributed by atoms with Crippen LogP contribution in [-0.4, -0.2) is 33.7 Å². The van der Waals surface area contributed by atoms with Gasteiger partial charge in [0.2, 0.25) is 0 Å². The second-order valence-corrected chi connectivity index (χ2v) is 21.8. The van der Waals surface area contributed by atoms with E-state index in [1.807, 2.05) is 0 Å². The molecule has 0 unspecified atom stereocenters. The van der Waals surface area contributed by atoms with Crippen LogP contribution in [0.2, 0.25) is 5.04 Å². The van der Waals surface area contributed by atoms with Gasteiger partial charge in [0.1, 0.15) is 23.2 Å². The van der Waals surface area contributed by atoms with Crippen LogP contribution >= 0.6 is 7.26 Å². The lowest BCUT2D eigenvalue weighted by Crippen LogP contribution is -2.67. The Balaban J connectivity index is 1.45. The number of hydrogen-bond donors (Lipinski definition) is 0. The molecule has 3 nitrogen and oxygen atoms in total. The Bertz CT molecular complexity index is 1680. The molecule has 0 fully saturated rings. The Hall–Kier alpha value is -4.34. The Morgan fingerprint density at radius 1 is 0.667 bits per heavy atom. The summed E-state index contributed by atoms with van der Waals surface area (Å²) in [6, 6.07) is 54.6. The molecule has 0 saturated heterocycles. The molecule has 0 saturated carbocycles. The summed E-state index contributed by atoms with van der Waals surface area (Å²) in [5, 5.41) is 6.53. The Morgan fingerprint density at radius 2 is 1.10 bits per heavy atom. The number of allylic oxidation sites excluding steroid dienone is 3. The van der Waals surface area contributed by atoms with Crippen molar-refractivity contribution in [2.24, 2.45) is 0 Å². The lowest BCUT2D eigenvalue weighted by Gasteiger charge is -2.44. The second-order valence-electron chi connectivity index (χ2n) is 13.9. The first-order valence-corrected chi connectivity index (χ1v) is 21.9. The standard InChI is InChI=1S/C46H52O3PSi/c1-46(2,3)51(43-33-19-10-20-34-43,44-35-21-11-22-36-44)49-39(26-24-37-45(47)48-4)25-12-5-6-23-38-50(40-27-13-7-14-28-40,41-29-15-8-16-30-41)42-31-17-9-18-32-42/h5-22,25,27-36,39H,23-24,26,37-38H2,1-4H3/q+1/b6-5-,25-12+/t39-/m1/s1. The van der Waals surface area contributed by atoms with E-state index in [9.17, 15) is 4.79 Å². The minimum Gasteiger partial charge on any atom is -0.469 e. The average Bonchev–Trinajstić information content (AvgIpc) is 3.17. The van der Waals surface area contributed by atoms with E-state index < -0.39 is 15.6 Å². The molecule has 5 heteroatoms. The van der Waals surface area contributed by atoms with E-state index in [2.05, 4.69) is 197 Å². The van der Waals surface area contributed by atoms with E-state index in [0.717, 1.165) is 12.6 Å². The Morgan fingerprint density at radius 3 is 1.51 bits per heavy atom. The van der Waals surface area contributed by atoms with Crippen molar-refractivity contribution in [3.05, 3.63) is 176 Å². The van der Waals surface area contributed by atoms with E-state index >= 15 is 0 Å². The molecular formula is C46H52O3PSi+. The monoisotopic (exact) mass is 711 g/mol. The highest BCUT2D eigenvalue weighted by molar-refractivity contribution is 7.95. The summed E-state index contributed by atoms with van der Waals surface area (Å²) < 4.78 is 12.5. The quantitative estimate of drug-likeness (QED) is 0.0445. The fourth-order valence-electron chi connectivity index (χ4n) is 7.18. The number of carbonyl (C=O) groups is 1. The zero-order valence-electron chi connectivity index (χ0n) is 30.5. The molecule has 0 aromatic heterocycles. The number of ether oxygens (including phenoxy) is 1. The molecule has 262 valence electrons. The van der Waals surface area contributed by atoms with Crippen molar-refractivity contribution >= 4 is 47.8 Å². The van der Waals surface area contributed by atoms with Crippen LogP contribution < -0.4 is 26.3 Å². The van der Waals surface area contributed by atoms with Crippen LogP contribution in [0.25, 0.3) is 0 Å². The van der Waals surface area contributed by atoms with Crippen molar-refractivity contribution in [3.8, 4) is 0 Å². The zero-order valence-corrected chi connectivity index (χ0v) is 32.4. The smallest absolute Gasteiger partial charge is 0.305 e. The molecule has 5 rings (SSSR count). The molecule has 1 atom stereocenters. The maximum atomic E-state index is 12.1. The van der Waals surface area contributed by atoms with Gasteiger partial charge in [-0.1, -0.05) is 160 Å². The summed E-state index contributed by atoms with van der Waals surface area (Å²) in [4.78, 5) is 12.1. The molecule has 0 aliphatic carbocycles. The summed E-state index contributed by atoms with van der Waals surface area (Å²) in [5.74, 6) is -0.190. The van der Waals surface area contributed by atoms with Gasteiger partial charge in [-0.25, -0.2) is 0 Å². The largest absolute Gasteiger partial charge is 0.469 e. The molecule has 0 radical (unpaired) electrons. The molecule has 0 bridgehead atoms. The lowest BCUT2D eigenvalue weighted by molar-refractivity contribution is -0.140. The third-order valence-electron chi connectivity index (χ3n) is 9.64. The molecule has 5 aromatic carbocycles. The van der Waals surface area contributed by atoms with Crippen LogP contribution in [-0.2, 0) is 14.0 Å². The van der Waals surface area contributed by atoms with Crippen molar-refractivity contribution in [1.82, 2.24) is 0 Å². The van der Waals surface area contributed by atoms with E-state index in [0.29, 0.717) is 19.3 Å². The maximum absolute atomic E-state index is 12.1. The van der Waals surface area contributed by atoms with Gasteiger partial charge in [0.25, 0.3) is 8.32 Å². The van der Waals surface area contributed by atoms with Crippen LogP contribution in [0.5, 0.6) is 0 Å². The topological polar surface area (TPSA) is 35.5 Å². The van der Waals surface area contributed by atoms with Crippen molar-refractivity contribution in [3.63, 3.8) is 0 Å². The fourth-order valence-corrected chi connectivity index (χ4v) is 16.1. The first kappa shape index (κ1) is 37.9. The van der Waals surface area contributed by atoms with Crippen LogP contribution in [0, 0.1) is 0 Å². The number of benzene rings is 5. The summed E-state index contributed by atoms with van der Waals surface area (Å²) >= 11 is 0. The molecule has 5 aromatic rings. The first-order chi connectivity index (χ1) is 24.8. The lowest BCUT2D eigenvalue weighted by atomic mass is 10.1. The normalized spacial score (nSPS) is 13.0. The predicted molar refractivity (Wildman–Crippen MR) is 221 cm³/mol. The summed E-state index contributed by atoms with van der Waals surface area (Å²) in [5.41, 5.74) is 0. The SMILES string of the molecule is COC(=O)CCC[C@@H](/C=C/C=C\CC[P+](c1ccccc1)(c1ccccc1)c1ccccc1)O[Si](c1ccccc1)(c1ccccc1)C(C)(C)C. The van der Waals surface area contributed by atoms with Gasteiger partial charge in [-0.3, -0.25) is 4.79 Å². The first-order valence-electron chi connectivity index (χ1n) is 18.1. The zero-order chi connectivity index (χ0) is 36.0. The number of methoxy groups -OCH3 is 1. The third-order valence-corrected chi connectivity index (χ3v) is 19.2. The molecular weight excluding hydrogens is 660 g/mol. The van der Waals surface area contributed by atoms with Crippen molar-refractivity contribution in [2.75, 3.05) is 13.3 Å². The number of esters is 1. The van der Waals surface area contributed by atoms with Gasteiger partial charge >= 0.3 is 5.97 Å². The average molecular weight is 712 g/mol. The van der Waals surface area contributed by atoms with Gasteiger partial charge in [0.15, 0.2) is 0 Å². The molecule has 0 aliphatic heterocycles. The fraction of sp³-hybridized carbons (Fsp3) is 0.239. The number of rotatable bonds is 16. The van der Waals surface area contributed by atoms with Gasteiger partial charge in [-0.05, 0) is 64.7 Å². The number of carbonyl (C=O) groups excluding carboxylic acids is 1. The minimum absolute atomic E-state index is 0.153. The van der Waals surface area contributed by atoms with Gasteiger partial charge in [0.05, 0.1) is 19.4 Å². The van der Waals surface area contributed by atoms with Crippen molar-refractivity contribution < 1.29 is 14.0 Å². The van der Waals surface area contributed by atoms with E-state index in [1.54, 1.807) is 0 Å². The van der Waals surface area contributed by atoms with Crippen LogP contribution in [0.1, 0.15) is 46.5 Å². The molecule has 0 aliphatic rings. The van der Waals surface area contributed by atoms with Crippen LogP contribution in [0.3, 0.4) is 0 Å². The highest BCUT2D eigenvalue weighted by Gasteiger charge is 2.51. The summed E-state index contributed by atoms with van der Waals surface area (Å²) in [7, 11) is -3.25. The Labute approximate surface area is 307 Å². The molecule has 0 spiro atoms. The molecule has 0 heterocycles. The van der Waals surface area contributed by atoms with Crippen molar-refractivity contribution in [1.29, 1.82) is 0 Å². The maximum Gasteiger partial charge on any atom is 0.305 e.